The summed E-state index contributed by atoms with van der Waals surface area (Å²) in [5.41, 5.74) is 2.09. The number of halogens is 2. The van der Waals surface area contributed by atoms with Crippen molar-refractivity contribution in [3.8, 4) is 11.5 Å². The van der Waals surface area contributed by atoms with Gasteiger partial charge in [-0.2, -0.15) is 0 Å². The summed E-state index contributed by atoms with van der Waals surface area (Å²) in [5.74, 6) is 1.37. The molecule has 1 N–H and O–H groups in total. The molecule has 0 unspecified atom stereocenters. The first-order valence-electron chi connectivity index (χ1n) is 12.7. The largest absolute Gasteiger partial charge is 0.492 e. The van der Waals surface area contributed by atoms with Crippen LogP contribution >= 0.6 is 23.2 Å². The summed E-state index contributed by atoms with van der Waals surface area (Å²) < 4.78 is 15.1. The molecule has 0 amide bonds. The summed E-state index contributed by atoms with van der Waals surface area (Å²) in [6.45, 7) is 3.46. The Balaban J connectivity index is 1.08. The minimum atomic E-state index is -0.869. The minimum Gasteiger partial charge on any atom is -0.492 e. The number of hydrogen-bond donors (Lipinski definition) is 1. The molecule has 3 aromatic carbocycles. The van der Waals surface area contributed by atoms with E-state index in [-0.39, 0.29) is 12.3 Å². The summed E-state index contributed by atoms with van der Waals surface area (Å²) in [6, 6.07) is 20.9. The van der Waals surface area contributed by atoms with Crippen molar-refractivity contribution in [2.24, 2.45) is 7.05 Å². The van der Waals surface area contributed by atoms with Crippen LogP contribution in [0.4, 0.5) is 0 Å². The predicted molar refractivity (Wildman–Crippen MR) is 151 cm³/mol. The first-order valence-corrected chi connectivity index (χ1v) is 13.5. The van der Waals surface area contributed by atoms with Gasteiger partial charge in [-0.1, -0.05) is 47.5 Å². The van der Waals surface area contributed by atoms with Gasteiger partial charge in [0.25, 0.3) is 0 Å². The number of fused-ring (bicyclic) bond motifs is 1. The third-order valence-electron chi connectivity index (χ3n) is 7.15. The zero-order valence-corrected chi connectivity index (χ0v) is 22.8. The number of imidazole rings is 1. The van der Waals surface area contributed by atoms with Crippen molar-refractivity contribution in [1.29, 1.82) is 0 Å². The van der Waals surface area contributed by atoms with Crippen LogP contribution in [0, 0.1) is 0 Å². The molecule has 1 aromatic heterocycles. The minimum absolute atomic E-state index is 0.0421. The number of benzene rings is 3. The van der Waals surface area contributed by atoms with E-state index in [1.54, 1.807) is 34.4 Å². The maximum absolute atomic E-state index is 12.6. The molecule has 0 aliphatic carbocycles. The molecule has 38 heavy (non-hydrogen) atoms. The maximum atomic E-state index is 12.6. The van der Waals surface area contributed by atoms with Crippen LogP contribution in [0.25, 0.3) is 11.0 Å². The molecular formula is C29H31Cl2N3O4. The highest BCUT2D eigenvalue weighted by Crippen LogP contribution is 2.29. The highest BCUT2D eigenvalue weighted by molar-refractivity contribution is 6.42. The fourth-order valence-corrected chi connectivity index (χ4v) is 5.13. The van der Waals surface area contributed by atoms with Crippen molar-refractivity contribution in [2.45, 2.75) is 31.5 Å². The second-order valence-corrected chi connectivity index (χ2v) is 10.7. The first-order chi connectivity index (χ1) is 18.3. The summed E-state index contributed by atoms with van der Waals surface area (Å²) in [4.78, 5) is 14.9. The number of hydrogen-bond acceptors (Lipinski definition) is 5. The molecule has 0 radical (unpaired) electrons. The summed E-state index contributed by atoms with van der Waals surface area (Å²) >= 11 is 12.0. The number of ether oxygens (including phenoxy) is 2. The normalized spacial score (nSPS) is 15.6. The molecule has 1 fully saturated rings. The van der Waals surface area contributed by atoms with Gasteiger partial charge in [0, 0.05) is 32.7 Å². The Hall–Kier alpha value is -2.97. The molecule has 1 saturated heterocycles. The zero-order chi connectivity index (χ0) is 26.7. The highest BCUT2D eigenvalue weighted by atomic mass is 35.5. The molecular weight excluding hydrogens is 525 g/mol. The Bertz CT molecular complexity index is 1460. The number of aryl methyl sites for hydroxylation is 1. The highest BCUT2D eigenvalue weighted by Gasteiger charge is 2.33. The van der Waals surface area contributed by atoms with Gasteiger partial charge in [-0.3, -0.25) is 14.0 Å². The molecule has 0 bridgehead atoms. The van der Waals surface area contributed by atoms with E-state index in [9.17, 15) is 9.90 Å². The molecule has 5 rings (SSSR count). The summed E-state index contributed by atoms with van der Waals surface area (Å²) in [7, 11) is 1.79. The molecule has 4 aromatic rings. The Kier molecular flexibility index (Phi) is 8.00. The summed E-state index contributed by atoms with van der Waals surface area (Å²) in [6.07, 6.45) is 1.26. The number of likely N-dealkylation sites (tertiary alicyclic amines) is 1. The predicted octanol–water partition coefficient (Wildman–Crippen LogP) is 5.13. The van der Waals surface area contributed by atoms with Crippen molar-refractivity contribution in [2.75, 3.05) is 26.3 Å². The Morgan fingerprint density at radius 2 is 1.58 bits per heavy atom. The maximum Gasteiger partial charge on any atom is 0.328 e. The van der Waals surface area contributed by atoms with Crippen LogP contribution in [0.3, 0.4) is 0 Å². The van der Waals surface area contributed by atoms with Crippen molar-refractivity contribution in [3.63, 3.8) is 0 Å². The topological polar surface area (TPSA) is 68.9 Å². The standard InChI is InChI=1S/C29H31Cl2N3O4/c1-32-26-4-2-3-5-27(26)34(28(32)35)16-17-37-22-8-6-21(7-9-22)19-33-14-12-29(36,13-15-33)20-38-23-10-11-24(30)25(31)18-23/h2-11,18,36H,12-17,19-20H2,1H3. The number of aliphatic hydroxyl groups is 1. The molecule has 0 atom stereocenters. The van der Waals surface area contributed by atoms with Gasteiger partial charge in [0.15, 0.2) is 0 Å². The first kappa shape index (κ1) is 26.6. The Labute approximate surface area is 231 Å². The van der Waals surface area contributed by atoms with E-state index in [1.807, 2.05) is 36.4 Å². The molecule has 7 nitrogen and oxygen atoms in total. The molecule has 0 saturated carbocycles. The SMILES string of the molecule is Cn1c(=O)n(CCOc2ccc(CN3CCC(O)(COc4ccc(Cl)c(Cl)c4)CC3)cc2)c2ccccc21. The smallest absolute Gasteiger partial charge is 0.328 e. The van der Waals surface area contributed by atoms with Crippen LogP contribution < -0.4 is 15.2 Å². The monoisotopic (exact) mass is 555 g/mol. The van der Waals surface area contributed by atoms with Crippen LogP contribution in [0.15, 0.2) is 71.5 Å². The van der Waals surface area contributed by atoms with Crippen molar-refractivity contribution < 1.29 is 14.6 Å². The lowest BCUT2D eigenvalue weighted by Crippen LogP contribution is -2.47. The fraction of sp³-hybridized carbons (Fsp3) is 0.345. The number of para-hydroxylation sites is 2. The van der Waals surface area contributed by atoms with E-state index >= 15 is 0 Å². The summed E-state index contributed by atoms with van der Waals surface area (Å²) in [5, 5.41) is 11.9. The van der Waals surface area contributed by atoms with Gasteiger partial charge in [0.05, 0.1) is 27.6 Å². The Morgan fingerprint density at radius 3 is 2.29 bits per heavy atom. The molecule has 2 heterocycles. The Morgan fingerprint density at radius 1 is 0.895 bits per heavy atom. The van der Waals surface area contributed by atoms with Gasteiger partial charge in [-0.25, -0.2) is 4.79 Å². The molecule has 0 spiro atoms. The molecule has 200 valence electrons. The zero-order valence-electron chi connectivity index (χ0n) is 21.3. The van der Waals surface area contributed by atoms with Crippen LogP contribution in [-0.2, 0) is 20.1 Å². The van der Waals surface area contributed by atoms with Crippen molar-refractivity contribution in [3.05, 3.63) is 92.8 Å². The van der Waals surface area contributed by atoms with Crippen LogP contribution in [0.5, 0.6) is 11.5 Å². The van der Waals surface area contributed by atoms with Crippen LogP contribution in [0.1, 0.15) is 18.4 Å². The van der Waals surface area contributed by atoms with E-state index in [0.29, 0.717) is 41.8 Å². The third-order valence-corrected chi connectivity index (χ3v) is 7.89. The average Bonchev–Trinajstić information content (AvgIpc) is 3.17. The lowest BCUT2D eigenvalue weighted by atomic mass is 9.92. The number of aromatic nitrogens is 2. The number of rotatable bonds is 9. The van der Waals surface area contributed by atoms with Gasteiger partial charge >= 0.3 is 5.69 Å². The lowest BCUT2D eigenvalue weighted by Gasteiger charge is -2.38. The van der Waals surface area contributed by atoms with Gasteiger partial charge in [-0.05, 0) is 54.8 Å². The third kappa shape index (κ3) is 6.02. The van der Waals surface area contributed by atoms with E-state index in [0.717, 1.165) is 36.4 Å². The van der Waals surface area contributed by atoms with E-state index in [4.69, 9.17) is 32.7 Å². The van der Waals surface area contributed by atoms with Gasteiger partial charge in [-0.15, -0.1) is 0 Å². The van der Waals surface area contributed by atoms with Gasteiger partial charge in [0.2, 0.25) is 0 Å². The van der Waals surface area contributed by atoms with Crippen molar-refractivity contribution >= 4 is 34.2 Å². The quantitative estimate of drug-likeness (QED) is 0.310. The van der Waals surface area contributed by atoms with Gasteiger partial charge in [0.1, 0.15) is 30.3 Å². The lowest BCUT2D eigenvalue weighted by molar-refractivity contribution is -0.0537. The van der Waals surface area contributed by atoms with Crippen LogP contribution in [-0.4, -0.2) is 51.0 Å². The van der Waals surface area contributed by atoms with Crippen LogP contribution in [0.2, 0.25) is 10.0 Å². The number of piperidine rings is 1. The molecule has 1 aliphatic rings. The van der Waals surface area contributed by atoms with Crippen molar-refractivity contribution in [1.82, 2.24) is 14.0 Å². The fourth-order valence-electron chi connectivity index (χ4n) is 4.84. The van der Waals surface area contributed by atoms with Gasteiger partial charge < -0.3 is 14.6 Å². The average molecular weight is 556 g/mol. The molecule has 9 heteroatoms. The molecule has 1 aliphatic heterocycles. The second kappa shape index (κ2) is 11.4. The number of nitrogens with zero attached hydrogens (tertiary/aromatic N) is 3. The second-order valence-electron chi connectivity index (χ2n) is 9.84. The van der Waals surface area contributed by atoms with E-state index in [2.05, 4.69) is 17.0 Å². The van der Waals surface area contributed by atoms with E-state index < -0.39 is 5.60 Å². The van der Waals surface area contributed by atoms with E-state index in [1.165, 1.54) is 5.56 Å².